The van der Waals surface area contributed by atoms with E-state index in [-0.39, 0.29) is 11.2 Å². The molecule has 0 saturated carbocycles. The first kappa shape index (κ1) is 14.7. The Hall–Kier alpha value is -0.740. The van der Waals surface area contributed by atoms with Gasteiger partial charge in [-0.05, 0) is 59.9 Å². The molecule has 2 rings (SSSR count). The lowest BCUT2D eigenvalue weighted by atomic mass is 9.71. The standard InChI is InChI=1S/C15H21BrN2O/c1-15(2,11-4-3-7-17-9-11)14(19)8-13-6-5-12(16)10-18-13/h5-6,10-11,17H,3-4,7-9H2,1-2H3. The van der Waals surface area contributed by atoms with Crippen LogP contribution in [0.5, 0.6) is 0 Å². The van der Waals surface area contributed by atoms with E-state index in [0.717, 1.165) is 36.1 Å². The Balaban J connectivity index is 2.03. The van der Waals surface area contributed by atoms with E-state index in [0.29, 0.717) is 12.3 Å². The molecule has 1 saturated heterocycles. The summed E-state index contributed by atoms with van der Waals surface area (Å²) in [6.45, 7) is 6.18. The molecule has 1 N–H and O–H groups in total. The molecular weight excluding hydrogens is 304 g/mol. The van der Waals surface area contributed by atoms with Gasteiger partial charge in [0.1, 0.15) is 5.78 Å². The topological polar surface area (TPSA) is 42.0 Å². The van der Waals surface area contributed by atoms with Gasteiger partial charge in [0.25, 0.3) is 0 Å². The molecule has 2 heterocycles. The summed E-state index contributed by atoms with van der Waals surface area (Å²) in [4.78, 5) is 16.8. The van der Waals surface area contributed by atoms with Gasteiger partial charge in [-0.15, -0.1) is 0 Å². The van der Waals surface area contributed by atoms with Crippen molar-refractivity contribution < 1.29 is 4.79 Å². The first-order chi connectivity index (χ1) is 9.00. The average Bonchev–Trinajstić information content (AvgIpc) is 2.42. The SMILES string of the molecule is CC(C)(C(=O)Cc1ccc(Br)cn1)C1CCCNC1. The van der Waals surface area contributed by atoms with Gasteiger partial charge in [-0.25, -0.2) is 0 Å². The van der Waals surface area contributed by atoms with Gasteiger partial charge in [0.2, 0.25) is 0 Å². The maximum absolute atomic E-state index is 12.5. The zero-order chi connectivity index (χ0) is 13.9. The van der Waals surface area contributed by atoms with Crippen molar-refractivity contribution in [3.8, 4) is 0 Å². The van der Waals surface area contributed by atoms with Gasteiger partial charge < -0.3 is 5.32 Å². The summed E-state index contributed by atoms with van der Waals surface area (Å²) in [5, 5.41) is 3.39. The molecule has 0 radical (unpaired) electrons. The molecule has 0 aliphatic carbocycles. The number of carbonyl (C=O) groups excluding carboxylic acids is 1. The quantitative estimate of drug-likeness (QED) is 0.925. The highest BCUT2D eigenvalue weighted by Gasteiger charge is 2.36. The third-order valence-electron chi connectivity index (χ3n) is 4.17. The second kappa shape index (κ2) is 6.14. The molecule has 1 aliphatic rings. The number of piperidine rings is 1. The van der Waals surface area contributed by atoms with Crippen LogP contribution in [-0.2, 0) is 11.2 Å². The van der Waals surface area contributed by atoms with E-state index in [9.17, 15) is 4.79 Å². The summed E-state index contributed by atoms with van der Waals surface area (Å²) >= 11 is 3.36. The van der Waals surface area contributed by atoms with Crippen LogP contribution in [0, 0.1) is 11.3 Å². The number of halogens is 1. The van der Waals surface area contributed by atoms with Crippen molar-refractivity contribution in [2.75, 3.05) is 13.1 Å². The van der Waals surface area contributed by atoms with E-state index in [4.69, 9.17) is 0 Å². The van der Waals surface area contributed by atoms with Crippen LogP contribution in [0.1, 0.15) is 32.4 Å². The molecular formula is C15H21BrN2O. The van der Waals surface area contributed by atoms with E-state index in [1.165, 1.54) is 0 Å². The minimum Gasteiger partial charge on any atom is -0.316 e. The second-order valence-corrected chi connectivity index (χ2v) is 6.75. The van der Waals surface area contributed by atoms with E-state index in [2.05, 4.69) is 40.1 Å². The zero-order valence-corrected chi connectivity index (χ0v) is 13.2. The summed E-state index contributed by atoms with van der Waals surface area (Å²) in [6, 6.07) is 3.85. The molecule has 1 atom stereocenters. The Labute approximate surface area is 123 Å². The molecule has 1 unspecified atom stereocenters. The minimum absolute atomic E-state index is 0.276. The predicted octanol–water partition coefficient (Wildman–Crippen LogP) is 2.98. The lowest BCUT2D eigenvalue weighted by Gasteiger charge is -2.36. The van der Waals surface area contributed by atoms with Gasteiger partial charge in [-0.3, -0.25) is 9.78 Å². The fourth-order valence-electron chi connectivity index (χ4n) is 2.60. The summed E-state index contributed by atoms with van der Waals surface area (Å²) in [6.07, 6.45) is 4.48. The molecule has 1 aromatic rings. The number of aromatic nitrogens is 1. The first-order valence-corrected chi connectivity index (χ1v) is 7.64. The number of carbonyl (C=O) groups is 1. The smallest absolute Gasteiger partial charge is 0.144 e. The maximum Gasteiger partial charge on any atom is 0.144 e. The predicted molar refractivity (Wildman–Crippen MR) is 80.0 cm³/mol. The number of pyridine rings is 1. The largest absolute Gasteiger partial charge is 0.316 e. The number of hydrogen-bond acceptors (Lipinski definition) is 3. The van der Waals surface area contributed by atoms with Crippen LogP contribution in [-0.4, -0.2) is 23.9 Å². The molecule has 0 bridgehead atoms. The first-order valence-electron chi connectivity index (χ1n) is 6.84. The third-order valence-corrected chi connectivity index (χ3v) is 4.64. The monoisotopic (exact) mass is 324 g/mol. The highest BCUT2D eigenvalue weighted by Crippen LogP contribution is 2.33. The summed E-state index contributed by atoms with van der Waals surface area (Å²) in [5.41, 5.74) is 0.576. The van der Waals surface area contributed by atoms with Crippen LogP contribution in [0.4, 0.5) is 0 Å². The Bertz CT molecular complexity index is 436. The van der Waals surface area contributed by atoms with Gasteiger partial charge in [-0.2, -0.15) is 0 Å². The van der Waals surface area contributed by atoms with Crippen molar-refractivity contribution in [1.29, 1.82) is 0 Å². The zero-order valence-electron chi connectivity index (χ0n) is 11.6. The Morgan fingerprint density at radius 1 is 1.53 bits per heavy atom. The number of nitrogens with one attached hydrogen (secondary N) is 1. The van der Waals surface area contributed by atoms with Crippen molar-refractivity contribution in [3.63, 3.8) is 0 Å². The second-order valence-electron chi connectivity index (χ2n) is 5.83. The van der Waals surface area contributed by atoms with E-state index in [1.807, 2.05) is 12.1 Å². The van der Waals surface area contributed by atoms with Crippen LogP contribution in [0.15, 0.2) is 22.8 Å². The molecule has 0 amide bonds. The molecule has 0 spiro atoms. The Kier molecular flexibility index (Phi) is 4.74. The fourth-order valence-corrected chi connectivity index (χ4v) is 2.83. The van der Waals surface area contributed by atoms with Crippen LogP contribution in [0.3, 0.4) is 0 Å². The summed E-state index contributed by atoms with van der Waals surface area (Å²) in [7, 11) is 0. The number of Topliss-reactive ketones (excluding diaryl/α,β-unsaturated/α-hetero) is 1. The van der Waals surface area contributed by atoms with Gasteiger partial charge in [0, 0.05) is 28.2 Å². The lowest BCUT2D eigenvalue weighted by molar-refractivity contribution is -0.129. The Morgan fingerprint density at radius 2 is 2.32 bits per heavy atom. The minimum atomic E-state index is -0.276. The van der Waals surface area contributed by atoms with E-state index >= 15 is 0 Å². The average molecular weight is 325 g/mol. The third kappa shape index (κ3) is 3.63. The van der Waals surface area contributed by atoms with E-state index < -0.39 is 0 Å². The van der Waals surface area contributed by atoms with Crippen molar-refractivity contribution in [1.82, 2.24) is 10.3 Å². The Morgan fingerprint density at radius 3 is 2.89 bits per heavy atom. The van der Waals surface area contributed by atoms with Gasteiger partial charge in [-0.1, -0.05) is 13.8 Å². The van der Waals surface area contributed by atoms with Crippen LogP contribution in [0.2, 0.25) is 0 Å². The van der Waals surface area contributed by atoms with E-state index in [1.54, 1.807) is 6.20 Å². The number of rotatable bonds is 4. The normalized spacial score (nSPS) is 20.3. The highest BCUT2D eigenvalue weighted by molar-refractivity contribution is 9.10. The van der Waals surface area contributed by atoms with Crippen LogP contribution >= 0.6 is 15.9 Å². The molecule has 3 nitrogen and oxygen atoms in total. The van der Waals surface area contributed by atoms with Crippen molar-refractivity contribution in [3.05, 3.63) is 28.5 Å². The molecule has 4 heteroatoms. The molecule has 1 fully saturated rings. The number of ketones is 1. The fraction of sp³-hybridized carbons (Fsp3) is 0.600. The molecule has 1 aliphatic heterocycles. The number of hydrogen-bond donors (Lipinski definition) is 1. The summed E-state index contributed by atoms with van der Waals surface area (Å²) < 4.78 is 0.944. The molecule has 1 aromatic heterocycles. The molecule has 0 aromatic carbocycles. The van der Waals surface area contributed by atoms with Crippen molar-refractivity contribution >= 4 is 21.7 Å². The van der Waals surface area contributed by atoms with Crippen LogP contribution in [0.25, 0.3) is 0 Å². The highest BCUT2D eigenvalue weighted by atomic mass is 79.9. The van der Waals surface area contributed by atoms with Crippen molar-refractivity contribution in [2.24, 2.45) is 11.3 Å². The van der Waals surface area contributed by atoms with Gasteiger partial charge in [0.05, 0.1) is 0 Å². The van der Waals surface area contributed by atoms with Gasteiger partial charge >= 0.3 is 0 Å². The summed E-state index contributed by atoms with van der Waals surface area (Å²) in [5.74, 6) is 0.722. The maximum atomic E-state index is 12.5. The van der Waals surface area contributed by atoms with Gasteiger partial charge in [0.15, 0.2) is 0 Å². The van der Waals surface area contributed by atoms with Crippen LogP contribution < -0.4 is 5.32 Å². The molecule has 19 heavy (non-hydrogen) atoms. The number of nitrogens with zero attached hydrogens (tertiary/aromatic N) is 1. The lowest BCUT2D eigenvalue weighted by Crippen LogP contribution is -2.43. The molecule has 104 valence electrons. The van der Waals surface area contributed by atoms with Crippen molar-refractivity contribution in [2.45, 2.75) is 33.1 Å².